The van der Waals surface area contributed by atoms with Crippen molar-refractivity contribution in [3.05, 3.63) is 59.5 Å². The van der Waals surface area contributed by atoms with E-state index in [1.165, 1.54) is 27.7 Å². The van der Waals surface area contributed by atoms with Crippen LogP contribution in [0.1, 0.15) is 36.2 Å². The van der Waals surface area contributed by atoms with Gasteiger partial charge in [0.25, 0.3) is 0 Å². The number of rotatable bonds is 4. The zero-order chi connectivity index (χ0) is 16.5. The maximum atomic E-state index is 5.42. The molecule has 0 unspecified atom stereocenters. The van der Waals surface area contributed by atoms with E-state index in [0.29, 0.717) is 0 Å². The summed E-state index contributed by atoms with van der Waals surface area (Å²) in [6, 6.07) is 10.8. The number of hydrogen-bond acceptors (Lipinski definition) is 3. The maximum absolute atomic E-state index is 5.42. The molecule has 3 aromatic rings. The van der Waals surface area contributed by atoms with Crippen molar-refractivity contribution in [1.29, 1.82) is 0 Å². The first-order chi connectivity index (χ1) is 11.8. The van der Waals surface area contributed by atoms with Crippen LogP contribution in [0, 0.1) is 0 Å². The minimum atomic E-state index is 0.251. The van der Waals surface area contributed by atoms with Crippen molar-refractivity contribution in [1.82, 2.24) is 14.9 Å². The number of H-pyrrole nitrogens is 1. The summed E-state index contributed by atoms with van der Waals surface area (Å²) >= 11 is 0. The Morgan fingerprint density at radius 1 is 1.33 bits per heavy atom. The van der Waals surface area contributed by atoms with Crippen molar-refractivity contribution in [2.75, 3.05) is 20.2 Å². The third-order valence-electron chi connectivity index (χ3n) is 4.94. The van der Waals surface area contributed by atoms with Gasteiger partial charge in [0.1, 0.15) is 5.75 Å². The van der Waals surface area contributed by atoms with Crippen LogP contribution in [0.15, 0.2) is 42.7 Å². The van der Waals surface area contributed by atoms with Crippen molar-refractivity contribution < 1.29 is 4.74 Å². The number of nitrogens with one attached hydrogen (secondary N) is 1. The number of ether oxygens (including phenoxy) is 1. The summed E-state index contributed by atoms with van der Waals surface area (Å²) in [4.78, 5) is 10.6. The fraction of sp³-hybridized carbons (Fsp3) is 0.350. The Labute approximate surface area is 142 Å². The zero-order valence-corrected chi connectivity index (χ0v) is 14.2. The van der Waals surface area contributed by atoms with Crippen molar-refractivity contribution in [3.63, 3.8) is 0 Å². The fourth-order valence-corrected chi connectivity index (χ4v) is 3.89. The molecule has 24 heavy (non-hydrogen) atoms. The summed E-state index contributed by atoms with van der Waals surface area (Å²) in [5.41, 5.74) is 5.18. The van der Waals surface area contributed by atoms with Crippen molar-refractivity contribution >= 4 is 10.9 Å². The van der Waals surface area contributed by atoms with Gasteiger partial charge in [0.05, 0.1) is 13.2 Å². The Morgan fingerprint density at radius 2 is 2.25 bits per heavy atom. The monoisotopic (exact) mass is 321 g/mol. The summed E-state index contributed by atoms with van der Waals surface area (Å²) in [7, 11) is 1.72. The Kier molecular flexibility index (Phi) is 3.98. The van der Waals surface area contributed by atoms with Crippen LogP contribution in [0.25, 0.3) is 10.9 Å². The molecule has 0 saturated carbocycles. The van der Waals surface area contributed by atoms with E-state index in [1.807, 2.05) is 24.5 Å². The van der Waals surface area contributed by atoms with Gasteiger partial charge in [0.15, 0.2) is 0 Å². The molecule has 0 saturated heterocycles. The summed E-state index contributed by atoms with van der Waals surface area (Å²) in [6.45, 7) is 4.41. The summed E-state index contributed by atoms with van der Waals surface area (Å²) < 4.78 is 5.42. The first-order valence-electron chi connectivity index (χ1n) is 8.64. The molecule has 0 amide bonds. The van der Waals surface area contributed by atoms with E-state index in [9.17, 15) is 0 Å². The molecule has 124 valence electrons. The Bertz CT molecular complexity index is 841. The van der Waals surface area contributed by atoms with Crippen LogP contribution >= 0.6 is 0 Å². The van der Waals surface area contributed by atoms with E-state index in [4.69, 9.17) is 4.74 Å². The molecule has 1 aliphatic heterocycles. The van der Waals surface area contributed by atoms with Gasteiger partial charge in [-0.15, -0.1) is 0 Å². The lowest BCUT2D eigenvalue weighted by atomic mass is 9.93. The molecule has 4 heteroatoms. The summed E-state index contributed by atoms with van der Waals surface area (Å²) in [5, 5.41) is 1.29. The molecule has 0 spiro atoms. The molecule has 3 heterocycles. The van der Waals surface area contributed by atoms with Crippen LogP contribution in [0.3, 0.4) is 0 Å². The van der Waals surface area contributed by atoms with Crippen molar-refractivity contribution in [2.45, 2.75) is 25.8 Å². The van der Waals surface area contributed by atoms with E-state index < -0.39 is 0 Å². The number of aromatic amines is 1. The van der Waals surface area contributed by atoms with Gasteiger partial charge in [0.2, 0.25) is 0 Å². The van der Waals surface area contributed by atoms with Crippen LogP contribution in [0.4, 0.5) is 0 Å². The molecule has 0 fully saturated rings. The molecule has 4 nitrogen and oxygen atoms in total. The van der Waals surface area contributed by atoms with E-state index in [0.717, 1.165) is 31.7 Å². The Morgan fingerprint density at radius 3 is 3.00 bits per heavy atom. The van der Waals surface area contributed by atoms with Gasteiger partial charge in [-0.25, -0.2) is 0 Å². The quantitative estimate of drug-likeness (QED) is 0.791. The molecule has 2 aromatic heterocycles. The molecule has 1 atom stereocenters. The number of aromatic nitrogens is 2. The second kappa shape index (κ2) is 6.29. The molecule has 0 aliphatic carbocycles. The van der Waals surface area contributed by atoms with Gasteiger partial charge in [-0.1, -0.05) is 13.0 Å². The van der Waals surface area contributed by atoms with Gasteiger partial charge in [0, 0.05) is 35.5 Å². The fourth-order valence-electron chi connectivity index (χ4n) is 3.89. The molecule has 1 aromatic carbocycles. The lowest BCUT2D eigenvalue weighted by Gasteiger charge is -2.35. The van der Waals surface area contributed by atoms with E-state index in [1.54, 1.807) is 7.11 Å². The normalized spacial score (nSPS) is 17.8. The summed E-state index contributed by atoms with van der Waals surface area (Å²) in [6.07, 6.45) is 6.06. The number of methoxy groups -OCH3 is 1. The summed E-state index contributed by atoms with van der Waals surface area (Å²) in [5.74, 6) is 0.915. The largest absolute Gasteiger partial charge is 0.497 e. The molecular weight excluding hydrogens is 298 g/mol. The highest BCUT2D eigenvalue weighted by Crippen LogP contribution is 2.39. The van der Waals surface area contributed by atoms with Crippen LogP contribution in [0.2, 0.25) is 0 Å². The lowest BCUT2D eigenvalue weighted by Crippen LogP contribution is -2.36. The predicted octanol–water partition coefficient (Wildman–Crippen LogP) is 3.93. The number of fused-ring (bicyclic) bond motifs is 3. The number of benzene rings is 1. The van der Waals surface area contributed by atoms with Gasteiger partial charge in [-0.05, 0) is 54.8 Å². The first-order valence-corrected chi connectivity index (χ1v) is 8.64. The van der Waals surface area contributed by atoms with E-state index in [-0.39, 0.29) is 6.04 Å². The number of hydrogen-bond donors (Lipinski definition) is 1. The van der Waals surface area contributed by atoms with Gasteiger partial charge >= 0.3 is 0 Å². The minimum Gasteiger partial charge on any atom is -0.497 e. The molecule has 4 rings (SSSR count). The highest BCUT2D eigenvalue weighted by molar-refractivity contribution is 5.86. The Balaban J connectivity index is 1.88. The van der Waals surface area contributed by atoms with Gasteiger partial charge < -0.3 is 9.72 Å². The van der Waals surface area contributed by atoms with Crippen molar-refractivity contribution in [3.8, 4) is 5.75 Å². The standard InChI is InChI=1S/C20H23N3O/c1-3-10-23-11-8-16-17-12-15(24-2)6-7-18(17)22-19(16)20(23)14-5-4-9-21-13-14/h4-7,9,12-13,20,22H,3,8,10-11H2,1-2H3/t20-/m1/s1. The molecule has 1 aliphatic rings. The molecule has 0 radical (unpaired) electrons. The van der Waals surface area contributed by atoms with Crippen molar-refractivity contribution in [2.24, 2.45) is 0 Å². The smallest absolute Gasteiger partial charge is 0.119 e. The predicted molar refractivity (Wildman–Crippen MR) is 96.5 cm³/mol. The zero-order valence-electron chi connectivity index (χ0n) is 14.2. The second-order valence-electron chi connectivity index (χ2n) is 6.40. The minimum absolute atomic E-state index is 0.251. The topological polar surface area (TPSA) is 41.2 Å². The van der Waals surface area contributed by atoms with E-state index >= 15 is 0 Å². The maximum Gasteiger partial charge on any atom is 0.119 e. The average Bonchev–Trinajstić information content (AvgIpc) is 3.00. The molecule has 1 N–H and O–H groups in total. The lowest BCUT2D eigenvalue weighted by molar-refractivity contribution is 0.211. The Hall–Kier alpha value is -2.33. The van der Waals surface area contributed by atoms with Gasteiger partial charge in [-0.2, -0.15) is 0 Å². The molecular formula is C20H23N3O. The molecule has 0 bridgehead atoms. The van der Waals surface area contributed by atoms with Crippen LogP contribution in [-0.4, -0.2) is 35.1 Å². The highest BCUT2D eigenvalue weighted by Gasteiger charge is 2.31. The van der Waals surface area contributed by atoms with Gasteiger partial charge in [-0.3, -0.25) is 9.88 Å². The number of pyridine rings is 1. The van der Waals surface area contributed by atoms with Crippen LogP contribution in [0.5, 0.6) is 5.75 Å². The average molecular weight is 321 g/mol. The first kappa shape index (κ1) is 15.2. The SMILES string of the molecule is CCCN1CCc2c([nH]c3ccc(OC)cc23)[C@H]1c1cccnc1. The van der Waals surface area contributed by atoms with Crippen LogP contribution in [-0.2, 0) is 6.42 Å². The third-order valence-corrected chi connectivity index (χ3v) is 4.94. The second-order valence-corrected chi connectivity index (χ2v) is 6.40. The number of nitrogens with zero attached hydrogens (tertiary/aromatic N) is 2. The van der Waals surface area contributed by atoms with Crippen LogP contribution < -0.4 is 4.74 Å². The van der Waals surface area contributed by atoms with E-state index in [2.05, 4.69) is 40.0 Å². The highest BCUT2D eigenvalue weighted by atomic mass is 16.5. The third kappa shape index (κ3) is 2.47.